The number of nitrogens with zero attached hydrogens (tertiary/aromatic N) is 5. The summed E-state index contributed by atoms with van der Waals surface area (Å²) in [6.07, 6.45) is -1.69. The molecule has 1 saturated heterocycles. The molecule has 1 atom stereocenters. The van der Waals surface area contributed by atoms with Gasteiger partial charge in [0.2, 0.25) is 5.13 Å². The van der Waals surface area contributed by atoms with Gasteiger partial charge in [-0.15, -0.1) is 10.2 Å². The first kappa shape index (κ1) is 21.4. The fourth-order valence-electron chi connectivity index (χ4n) is 2.66. The van der Waals surface area contributed by atoms with Crippen molar-refractivity contribution >= 4 is 34.3 Å². The van der Waals surface area contributed by atoms with Crippen LogP contribution in [0.25, 0.3) is 0 Å². The summed E-state index contributed by atoms with van der Waals surface area (Å²) < 4.78 is 10.4. The van der Waals surface area contributed by atoms with E-state index >= 15 is 0 Å². The van der Waals surface area contributed by atoms with Crippen molar-refractivity contribution < 1.29 is 24.0 Å². The van der Waals surface area contributed by atoms with Gasteiger partial charge in [-0.1, -0.05) is 38.2 Å². The monoisotopic (exact) mass is 435 g/mol. The average Bonchev–Trinajstić information content (AvgIpc) is 3.15. The lowest BCUT2D eigenvalue weighted by atomic mass is 9.98. The standard InChI is InChI=1S/C18H21N5O6S/c1-18(2,3)14-19-20-15(30-14)22-13(8-9-21(4)16(22)24)29-17(25)28-12-7-5-6-11(10-12)23(26)27/h5-7,10,13H,8-9H2,1-4H3. The average molecular weight is 435 g/mol. The number of benzene rings is 1. The summed E-state index contributed by atoms with van der Waals surface area (Å²) in [6, 6.07) is 4.79. The van der Waals surface area contributed by atoms with Crippen LogP contribution in [0.2, 0.25) is 0 Å². The lowest BCUT2D eigenvalue weighted by Crippen LogP contribution is -2.55. The van der Waals surface area contributed by atoms with Gasteiger partial charge in [0, 0.05) is 31.5 Å². The predicted octanol–water partition coefficient (Wildman–Crippen LogP) is 3.55. The van der Waals surface area contributed by atoms with Crippen LogP contribution >= 0.6 is 11.3 Å². The molecule has 0 saturated carbocycles. The first-order valence-electron chi connectivity index (χ1n) is 9.07. The van der Waals surface area contributed by atoms with Gasteiger partial charge in [-0.25, -0.2) is 14.5 Å². The van der Waals surface area contributed by atoms with Crippen molar-refractivity contribution in [2.24, 2.45) is 0 Å². The molecular weight excluding hydrogens is 414 g/mol. The van der Waals surface area contributed by atoms with E-state index in [4.69, 9.17) is 9.47 Å². The number of aromatic nitrogens is 2. The number of nitro groups is 1. The number of urea groups is 1. The second-order valence-electron chi connectivity index (χ2n) is 7.68. The minimum absolute atomic E-state index is 0.0362. The van der Waals surface area contributed by atoms with E-state index in [1.54, 1.807) is 7.05 Å². The molecule has 12 heteroatoms. The third-order valence-electron chi connectivity index (χ3n) is 4.26. The van der Waals surface area contributed by atoms with Crippen LogP contribution in [-0.4, -0.2) is 52.0 Å². The summed E-state index contributed by atoms with van der Waals surface area (Å²) in [6.45, 7) is 6.30. The highest BCUT2D eigenvalue weighted by Gasteiger charge is 2.38. The lowest BCUT2D eigenvalue weighted by molar-refractivity contribution is -0.384. The minimum Gasteiger partial charge on any atom is -0.409 e. The van der Waals surface area contributed by atoms with Gasteiger partial charge < -0.3 is 14.4 Å². The van der Waals surface area contributed by atoms with Crippen LogP contribution in [0.1, 0.15) is 32.2 Å². The highest BCUT2D eigenvalue weighted by molar-refractivity contribution is 7.15. The molecule has 11 nitrogen and oxygen atoms in total. The van der Waals surface area contributed by atoms with E-state index in [9.17, 15) is 19.7 Å². The number of nitro benzene ring substituents is 1. The molecule has 1 aromatic heterocycles. The molecule has 1 fully saturated rings. The van der Waals surface area contributed by atoms with Crippen molar-refractivity contribution in [3.05, 3.63) is 39.4 Å². The van der Waals surface area contributed by atoms with Crippen LogP contribution in [-0.2, 0) is 10.2 Å². The van der Waals surface area contributed by atoms with Crippen LogP contribution < -0.4 is 9.64 Å². The van der Waals surface area contributed by atoms with Crippen molar-refractivity contribution in [2.75, 3.05) is 18.5 Å². The number of ether oxygens (including phenoxy) is 2. The van der Waals surface area contributed by atoms with Crippen molar-refractivity contribution in [3.8, 4) is 5.75 Å². The fourth-order valence-corrected chi connectivity index (χ4v) is 3.60. The topological polar surface area (TPSA) is 128 Å². The van der Waals surface area contributed by atoms with Gasteiger partial charge in [-0.2, -0.15) is 0 Å². The van der Waals surface area contributed by atoms with Crippen LogP contribution in [0.5, 0.6) is 5.75 Å². The van der Waals surface area contributed by atoms with Crippen molar-refractivity contribution in [1.29, 1.82) is 0 Å². The Balaban J connectivity index is 1.78. The zero-order valence-corrected chi connectivity index (χ0v) is 17.7. The van der Waals surface area contributed by atoms with E-state index in [2.05, 4.69) is 10.2 Å². The second kappa shape index (κ2) is 8.22. The molecule has 2 heterocycles. The number of carbonyl (C=O) groups excluding carboxylic acids is 2. The van der Waals surface area contributed by atoms with Gasteiger partial charge in [-0.05, 0) is 6.07 Å². The Hall–Kier alpha value is -3.28. The first-order chi connectivity index (χ1) is 14.1. The molecule has 1 aromatic carbocycles. The number of amides is 2. The molecule has 0 bridgehead atoms. The van der Waals surface area contributed by atoms with Crippen LogP contribution in [0, 0.1) is 10.1 Å². The Labute approximate surface area is 176 Å². The quantitative estimate of drug-likeness (QED) is 0.309. The molecule has 3 rings (SSSR count). The van der Waals surface area contributed by atoms with Crippen molar-refractivity contribution in [1.82, 2.24) is 15.1 Å². The molecule has 2 amide bonds. The zero-order chi connectivity index (χ0) is 22.1. The van der Waals surface area contributed by atoms with Crippen LogP contribution in [0.4, 0.5) is 20.4 Å². The third kappa shape index (κ3) is 4.64. The third-order valence-corrected chi connectivity index (χ3v) is 5.60. The summed E-state index contributed by atoms with van der Waals surface area (Å²) in [5.74, 6) is -0.0362. The number of rotatable bonds is 4. The summed E-state index contributed by atoms with van der Waals surface area (Å²) in [7, 11) is 1.64. The summed E-state index contributed by atoms with van der Waals surface area (Å²) in [5.41, 5.74) is -0.474. The minimum atomic E-state index is -1.08. The van der Waals surface area contributed by atoms with E-state index in [0.717, 1.165) is 11.1 Å². The molecule has 0 spiro atoms. The first-order valence-corrected chi connectivity index (χ1v) is 9.89. The van der Waals surface area contributed by atoms with Crippen LogP contribution in [0.3, 0.4) is 0 Å². The Morgan fingerprint density at radius 3 is 2.70 bits per heavy atom. The number of non-ortho nitro benzene ring substituents is 1. The van der Waals surface area contributed by atoms with E-state index in [-0.39, 0.29) is 22.9 Å². The van der Waals surface area contributed by atoms with E-state index in [0.29, 0.717) is 18.1 Å². The Bertz CT molecular complexity index is 972. The van der Waals surface area contributed by atoms with E-state index in [1.807, 2.05) is 20.8 Å². The van der Waals surface area contributed by atoms with Crippen LogP contribution in [0.15, 0.2) is 24.3 Å². The highest BCUT2D eigenvalue weighted by Crippen LogP contribution is 2.33. The van der Waals surface area contributed by atoms with Gasteiger partial charge in [0.1, 0.15) is 10.8 Å². The molecule has 0 N–H and O–H groups in total. The van der Waals surface area contributed by atoms with Gasteiger partial charge in [0.15, 0.2) is 6.23 Å². The molecule has 1 aliphatic rings. The maximum absolute atomic E-state index is 12.7. The summed E-state index contributed by atoms with van der Waals surface area (Å²) in [4.78, 5) is 38.1. The molecular formula is C18H21N5O6S. The van der Waals surface area contributed by atoms with Gasteiger partial charge in [0.05, 0.1) is 11.0 Å². The Kier molecular flexibility index (Phi) is 5.87. The molecule has 160 valence electrons. The maximum atomic E-state index is 12.7. The summed E-state index contributed by atoms with van der Waals surface area (Å²) >= 11 is 1.24. The van der Waals surface area contributed by atoms with Crippen molar-refractivity contribution in [3.63, 3.8) is 0 Å². The highest BCUT2D eigenvalue weighted by atomic mass is 32.1. The normalized spacial score (nSPS) is 17.1. The number of carbonyl (C=O) groups is 2. The molecule has 1 unspecified atom stereocenters. The van der Waals surface area contributed by atoms with E-state index < -0.39 is 17.3 Å². The van der Waals surface area contributed by atoms with E-state index in [1.165, 1.54) is 39.3 Å². The fraction of sp³-hybridized carbons (Fsp3) is 0.444. The number of hydrogen-bond acceptors (Lipinski definition) is 9. The lowest BCUT2D eigenvalue weighted by Gasteiger charge is -2.36. The summed E-state index contributed by atoms with van der Waals surface area (Å²) in [5, 5.41) is 20.2. The SMILES string of the molecule is CN1CCC(OC(=O)Oc2cccc([N+](=O)[O-])c2)N(c2nnc(C(C)(C)C)s2)C1=O. The maximum Gasteiger partial charge on any atom is 0.515 e. The molecule has 30 heavy (non-hydrogen) atoms. The zero-order valence-electron chi connectivity index (χ0n) is 16.9. The van der Waals surface area contributed by atoms with Gasteiger partial charge in [-0.3, -0.25) is 10.1 Å². The van der Waals surface area contributed by atoms with Crippen molar-refractivity contribution in [2.45, 2.75) is 38.8 Å². The largest absolute Gasteiger partial charge is 0.515 e. The van der Waals surface area contributed by atoms with Gasteiger partial charge in [0.25, 0.3) is 5.69 Å². The number of anilines is 1. The predicted molar refractivity (Wildman–Crippen MR) is 108 cm³/mol. The molecule has 0 radical (unpaired) electrons. The number of hydrogen-bond donors (Lipinski definition) is 0. The second-order valence-corrected chi connectivity index (χ2v) is 8.64. The molecule has 2 aromatic rings. The Morgan fingerprint density at radius 1 is 1.33 bits per heavy atom. The Morgan fingerprint density at radius 2 is 2.07 bits per heavy atom. The molecule has 0 aliphatic carbocycles. The smallest absolute Gasteiger partial charge is 0.409 e. The molecule has 1 aliphatic heterocycles. The van der Waals surface area contributed by atoms with Gasteiger partial charge >= 0.3 is 12.2 Å².